The number of fused-ring (bicyclic) bond motifs is 1. The zero-order valence-corrected chi connectivity index (χ0v) is 14.7. The Morgan fingerprint density at radius 3 is 2.38 bits per heavy atom. The molecule has 5 nitrogen and oxygen atoms in total. The van der Waals surface area contributed by atoms with Crippen molar-refractivity contribution in [2.75, 3.05) is 18.9 Å². The number of ether oxygens (including phenoxy) is 2. The Labute approximate surface area is 142 Å². The summed E-state index contributed by atoms with van der Waals surface area (Å²) >= 11 is 0. The van der Waals surface area contributed by atoms with E-state index in [0.717, 1.165) is 24.8 Å². The van der Waals surface area contributed by atoms with Gasteiger partial charge in [-0.2, -0.15) is 0 Å². The van der Waals surface area contributed by atoms with E-state index in [0.29, 0.717) is 17.2 Å². The molecule has 1 aliphatic rings. The van der Waals surface area contributed by atoms with E-state index in [1.807, 2.05) is 6.07 Å². The van der Waals surface area contributed by atoms with Gasteiger partial charge >= 0.3 is 0 Å². The van der Waals surface area contributed by atoms with Crippen LogP contribution in [0.4, 0.5) is 5.69 Å². The fourth-order valence-electron chi connectivity index (χ4n) is 2.97. The molecule has 0 fully saturated rings. The minimum absolute atomic E-state index is 0.271. The molecular formula is C18H21NO4S. The second-order valence-corrected chi connectivity index (χ2v) is 7.49. The topological polar surface area (TPSA) is 64.6 Å². The number of rotatable bonds is 5. The molecule has 0 radical (unpaired) electrons. The zero-order valence-electron chi connectivity index (χ0n) is 13.8. The highest BCUT2D eigenvalue weighted by atomic mass is 32.2. The quantitative estimate of drug-likeness (QED) is 0.900. The molecule has 3 rings (SSSR count). The largest absolute Gasteiger partial charge is 0.497 e. The van der Waals surface area contributed by atoms with E-state index >= 15 is 0 Å². The average molecular weight is 347 g/mol. The third-order valence-electron chi connectivity index (χ3n) is 4.28. The predicted octanol–water partition coefficient (Wildman–Crippen LogP) is 3.38. The van der Waals surface area contributed by atoms with Crippen LogP contribution in [0, 0.1) is 0 Å². The first-order chi connectivity index (χ1) is 11.5. The van der Waals surface area contributed by atoms with Crippen molar-refractivity contribution >= 4 is 15.7 Å². The standard InChI is InChI=1S/C18H21NO4S/c1-22-15-8-10-18(23-2)17(12-15)19-24(20,21)16-9-7-13-5-3-4-6-14(13)11-16/h7-12,19H,3-6H2,1-2H3. The van der Waals surface area contributed by atoms with Crippen molar-refractivity contribution in [3.05, 3.63) is 47.5 Å². The van der Waals surface area contributed by atoms with Gasteiger partial charge in [-0.3, -0.25) is 4.72 Å². The molecule has 1 aliphatic carbocycles. The van der Waals surface area contributed by atoms with E-state index in [2.05, 4.69) is 4.72 Å². The normalized spacial score (nSPS) is 13.9. The van der Waals surface area contributed by atoms with Crippen LogP contribution in [0.15, 0.2) is 41.3 Å². The number of anilines is 1. The lowest BCUT2D eigenvalue weighted by atomic mass is 9.92. The number of nitrogens with one attached hydrogen (secondary N) is 1. The molecule has 2 aromatic rings. The van der Waals surface area contributed by atoms with Gasteiger partial charge < -0.3 is 9.47 Å². The van der Waals surface area contributed by atoms with E-state index in [4.69, 9.17) is 9.47 Å². The molecular weight excluding hydrogens is 326 g/mol. The lowest BCUT2D eigenvalue weighted by molar-refractivity contribution is 0.405. The number of hydrogen-bond donors (Lipinski definition) is 1. The van der Waals surface area contributed by atoms with Gasteiger partial charge in [-0.1, -0.05) is 6.07 Å². The van der Waals surface area contributed by atoms with Gasteiger partial charge in [-0.05, 0) is 61.1 Å². The highest BCUT2D eigenvalue weighted by molar-refractivity contribution is 7.92. The predicted molar refractivity (Wildman–Crippen MR) is 93.4 cm³/mol. The third-order valence-corrected chi connectivity index (χ3v) is 5.64. The van der Waals surface area contributed by atoms with Crippen molar-refractivity contribution in [3.63, 3.8) is 0 Å². The van der Waals surface area contributed by atoms with Gasteiger partial charge in [0.05, 0.1) is 24.8 Å². The molecule has 0 bridgehead atoms. The number of methoxy groups -OCH3 is 2. The summed E-state index contributed by atoms with van der Waals surface area (Å²) in [5, 5.41) is 0. The molecule has 6 heteroatoms. The van der Waals surface area contributed by atoms with E-state index in [-0.39, 0.29) is 4.90 Å². The maximum atomic E-state index is 12.7. The van der Waals surface area contributed by atoms with Crippen molar-refractivity contribution < 1.29 is 17.9 Å². The fraction of sp³-hybridized carbons (Fsp3) is 0.333. The summed E-state index contributed by atoms with van der Waals surface area (Å²) in [6.45, 7) is 0. The highest BCUT2D eigenvalue weighted by Crippen LogP contribution is 2.31. The van der Waals surface area contributed by atoms with Crippen molar-refractivity contribution in [2.24, 2.45) is 0 Å². The molecule has 24 heavy (non-hydrogen) atoms. The minimum atomic E-state index is -3.69. The van der Waals surface area contributed by atoms with E-state index in [1.165, 1.54) is 26.2 Å². The minimum Gasteiger partial charge on any atom is -0.497 e. The second kappa shape index (κ2) is 6.73. The molecule has 0 spiro atoms. The molecule has 0 aliphatic heterocycles. The van der Waals surface area contributed by atoms with Crippen LogP contribution in [-0.4, -0.2) is 22.6 Å². The molecule has 0 unspecified atom stereocenters. The number of aryl methyl sites for hydroxylation is 2. The molecule has 0 atom stereocenters. The Kier molecular flexibility index (Phi) is 4.66. The summed E-state index contributed by atoms with van der Waals surface area (Å²) < 4.78 is 38.5. The zero-order chi connectivity index (χ0) is 17.2. The maximum absolute atomic E-state index is 12.7. The summed E-state index contributed by atoms with van der Waals surface area (Å²) in [6, 6.07) is 10.4. The van der Waals surface area contributed by atoms with Gasteiger partial charge in [-0.25, -0.2) is 8.42 Å². The first-order valence-corrected chi connectivity index (χ1v) is 9.38. The second-order valence-electron chi connectivity index (χ2n) is 5.81. The van der Waals surface area contributed by atoms with Gasteiger partial charge in [0.15, 0.2) is 0 Å². The van der Waals surface area contributed by atoms with Crippen LogP contribution >= 0.6 is 0 Å². The van der Waals surface area contributed by atoms with Crippen LogP contribution in [0.3, 0.4) is 0 Å². The number of hydrogen-bond acceptors (Lipinski definition) is 4. The Hall–Kier alpha value is -2.21. The Balaban J connectivity index is 1.94. The lowest BCUT2D eigenvalue weighted by Crippen LogP contribution is -2.15. The molecule has 0 heterocycles. The Morgan fingerprint density at radius 2 is 1.67 bits per heavy atom. The molecule has 0 aromatic heterocycles. The van der Waals surface area contributed by atoms with E-state index < -0.39 is 10.0 Å². The number of benzene rings is 2. The Bertz CT molecular complexity index is 846. The fourth-order valence-corrected chi connectivity index (χ4v) is 4.09. The van der Waals surface area contributed by atoms with Crippen LogP contribution in [0.25, 0.3) is 0 Å². The average Bonchev–Trinajstić information content (AvgIpc) is 2.60. The van der Waals surface area contributed by atoms with Crippen molar-refractivity contribution in [3.8, 4) is 11.5 Å². The van der Waals surface area contributed by atoms with Gasteiger partial charge in [-0.15, -0.1) is 0 Å². The van der Waals surface area contributed by atoms with E-state index in [1.54, 1.807) is 30.3 Å². The smallest absolute Gasteiger partial charge is 0.262 e. The van der Waals surface area contributed by atoms with Crippen LogP contribution in [0.2, 0.25) is 0 Å². The van der Waals surface area contributed by atoms with Crippen molar-refractivity contribution in [1.29, 1.82) is 0 Å². The highest BCUT2D eigenvalue weighted by Gasteiger charge is 2.19. The van der Waals surface area contributed by atoms with Gasteiger partial charge in [0, 0.05) is 6.07 Å². The lowest BCUT2D eigenvalue weighted by Gasteiger charge is -2.17. The first kappa shape index (κ1) is 16.6. The van der Waals surface area contributed by atoms with Crippen LogP contribution in [0.5, 0.6) is 11.5 Å². The van der Waals surface area contributed by atoms with Crippen LogP contribution in [-0.2, 0) is 22.9 Å². The summed E-state index contributed by atoms with van der Waals surface area (Å²) in [5.74, 6) is 0.997. The SMILES string of the molecule is COc1ccc(OC)c(NS(=O)(=O)c2ccc3c(c2)CCCC3)c1. The van der Waals surface area contributed by atoms with Gasteiger partial charge in [0.1, 0.15) is 11.5 Å². The van der Waals surface area contributed by atoms with Crippen LogP contribution in [0.1, 0.15) is 24.0 Å². The maximum Gasteiger partial charge on any atom is 0.262 e. The Morgan fingerprint density at radius 1 is 0.917 bits per heavy atom. The summed E-state index contributed by atoms with van der Waals surface area (Å²) in [6.07, 6.45) is 4.22. The molecule has 0 saturated carbocycles. The van der Waals surface area contributed by atoms with Gasteiger partial charge in [0.25, 0.3) is 10.0 Å². The molecule has 0 saturated heterocycles. The molecule has 128 valence electrons. The van der Waals surface area contributed by atoms with Crippen LogP contribution < -0.4 is 14.2 Å². The molecule has 1 N–H and O–H groups in total. The number of sulfonamides is 1. The monoisotopic (exact) mass is 347 g/mol. The summed E-state index contributed by atoms with van der Waals surface area (Å²) in [7, 11) is -0.660. The first-order valence-electron chi connectivity index (χ1n) is 7.90. The van der Waals surface area contributed by atoms with Crippen molar-refractivity contribution in [2.45, 2.75) is 30.6 Å². The molecule has 2 aromatic carbocycles. The summed E-state index contributed by atoms with van der Waals surface area (Å²) in [5.41, 5.74) is 2.73. The third kappa shape index (κ3) is 3.33. The van der Waals surface area contributed by atoms with Crippen molar-refractivity contribution in [1.82, 2.24) is 0 Å². The van der Waals surface area contributed by atoms with Gasteiger partial charge in [0.2, 0.25) is 0 Å². The van der Waals surface area contributed by atoms with E-state index in [9.17, 15) is 8.42 Å². The summed E-state index contributed by atoms with van der Waals surface area (Å²) in [4.78, 5) is 0.271. The molecule has 0 amide bonds.